The molecule has 4 rings (SSSR count). The second-order valence-electron chi connectivity index (χ2n) is 5.80. The molecule has 1 aliphatic heterocycles. The highest BCUT2D eigenvalue weighted by Crippen LogP contribution is 2.32. The summed E-state index contributed by atoms with van der Waals surface area (Å²) >= 11 is 0. The van der Waals surface area contributed by atoms with E-state index in [2.05, 4.69) is 15.3 Å². The standard InChI is InChI=1S/C17H15FN4O2/c18-17(15(23)20-12-4-3-8-19-10-12)7-9-22(11-17)16-21-13-5-1-2-6-14(13)24-16/h1-6,8,10H,7,9,11H2,(H,20,23). The summed E-state index contributed by atoms with van der Waals surface area (Å²) in [6.07, 6.45) is 3.15. The number of alkyl halides is 1. The van der Waals surface area contributed by atoms with E-state index in [0.717, 1.165) is 0 Å². The van der Waals surface area contributed by atoms with Crippen molar-refractivity contribution < 1.29 is 13.6 Å². The molecule has 0 radical (unpaired) electrons. The Balaban J connectivity index is 1.51. The summed E-state index contributed by atoms with van der Waals surface area (Å²) in [6, 6.07) is 11.0. The van der Waals surface area contributed by atoms with Crippen molar-refractivity contribution in [2.45, 2.75) is 12.1 Å². The van der Waals surface area contributed by atoms with Crippen LogP contribution >= 0.6 is 0 Å². The minimum Gasteiger partial charge on any atom is -0.423 e. The molecule has 6 nitrogen and oxygen atoms in total. The highest BCUT2D eigenvalue weighted by molar-refractivity contribution is 5.98. The van der Waals surface area contributed by atoms with Crippen LogP contribution in [0.25, 0.3) is 11.1 Å². The number of carbonyl (C=O) groups is 1. The number of para-hydroxylation sites is 2. The average Bonchev–Trinajstić information content (AvgIpc) is 3.20. The maximum absolute atomic E-state index is 15.0. The van der Waals surface area contributed by atoms with Gasteiger partial charge in [-0.15, -0.1) is 0 Å². The van der Waals surface area contributed by atoms with E-state index in [1.165, 1.54) is 6.20 Å². The molecule has 24 heavy (non-hydrogen) atoms. The predicted octanol–water partition coefficient (Wildman–Crippen LogP) is 2.78. The number of nitrogens with one attached hydrogen (secondary N) is 1. The second-order valence-corrected chi connectivity index (χ2v) is 5.80. The maximum Gasteiger partial charge on any atom is 0.298 e. The molecule has 0 saturated carbocycles. The Labute approximate surface area is 137 Å². The van der Waals surface area contributed by atoms with Crippen LogP contribution in [0.5, 0.6) is 0 Å². The smallest absolute Gasteiger partial charge is 0.298 e. The molecule has 3 aromatic rings. The zero-order valence-electron chi connectivity index (χ0n) is 12.8. The first kappa shape index (κ1) is 14.6. The van der Waals surface area contributed by atoms with E-state index < -0.39 is 11.6 Å². The van der Waals surface area contributed by atoms with Crippen molar-refractivity contribution >= 4 is 28.7 Å². The maximum atomic E-state index is 15.0. The number of halogens is 1. The van der Waals surface area contributed by atoms with Gasteiger partial charge in [0.1, 0.15) is 5.52 Å². The SMILES string of the molecule is O=C(Nc1cccnc1)C1(F)CCN(c2nc3ccccc3o2)C1. The van der Waals surface area contributed by atoms with Gasteiger partial charge in [-0.1, -0.05) is 12.1 Å². The van der Waals surface area contributed by atoms with Crippen molar-refractivity contribution in [2.24, 2.45) is 0 Å². The minimum atomic E-state index is -1.99. The van der Waals surface area contributed by atoms with Crippen LogP contribution in [-0.4, -0.2) is 34.6 Å². The summed E-state index contributed by atoms with van der Waals surface area (Å²) in [6.45, 7) is 0.274. The van der Waals surface area contributed by atoms with Crippen molar-refractivity contribution in [3.8, 4) is 0 Å². The molecule has 1 unspecified atom stereocenters. The molecule has 1 atom stereocenters. The zero-order valence-corrected chi connectivity index (χ0v) is 12.8. The Morgan fingerprint density at radius 1 is 1.29 bits per heavy atom. The van der Waals surface area contributed by atoms with Crippen molar-refractivity contribution in [1.82, 2.24) is 9.97 Å². The number of hydrogen-bond donors (Lipinski definition) is 1. The molecule has 1 aliphatic rings. The van der Waals surface area contributed by atoms with Crippen LogP contribution in [0, 0.1) is 0 Å². The third-order valence-electron chi connectivity index (χ3n) is 4.10. The number of oxazole rings is 1. The summed E-state index contributed by atoms with van der Waals surface area (Å²) in [4.78, 5) is 22.2. The number of aromatic nitrogens is 2. The molecular formula is C17H15FN4O2. The van der Waals surface area contributed by atoms with Gasteiger partial charge in [-0.3, -0.25) is 9.78 Å². The van der Waals surface area contributed by atoms with Crippen LogP contribution < -0.4 is 10.2 Å². The van der Waals surface area contributed by atoms with Crippen LogP contribution in [0.2, 0.25) is 0 Å². The fourth-order valence-corrected chi connectivity index (χ4v) is 2.80. The van der Waals surface area contributed by atoms with Gasteiger partial charge in [0, 0.05) is 19.2 Å². The molecule has 1 N–H and O–H groups in total. The Kier molecular flexibility index (Phi) is 3.41. The lowest BCUT2D eigenvalue weighted by molar-refractivity contribution is -0.126. The highest BCUT2D eigenvalue weighted by atomic mass is 19.1. The largest absolute Gasteiger partial charge is 0.423 e. The molecule has 1 aromatic carbocycles. The third-order valence-corrected chi connectivity index (χ3v) is 4.10. The normalized spacial score (nSPS) is 20.5. The number of rotatable bonds is 3. The summed E-state index contributed by atoms with van der Waals surface area (Å²) < 4.78 is 20.7. The Bertz CT molecular complexity index is 849. The summed E-state index contributed by atoms with van der Waals surface area (Å²) in [5.74, 6) is -0.672. The Morgan fingerprint density at radius 2 is 2.17 bits per heavy atom. The molecule has 0 aliphatic carbocycles. The number of amides is 1. The number of benzene rings is 1. The minimum absolute atomic E-state index is 0.0812. The monoisotopic (exact) mass is 326 g/mol. The van der Waals surface area contributed by atoms with Gasteiger partial charge in [-0.05, 0) is 24.3 Å². The molecule has 122 valence electrons. The number of pyridine rings is 1. The fraction of sp³-hybridized carbons (Fsp3) is 0.235. The van der Waals surface area contributed by atoms with Gasteiger partial charge in [0.15, 0.2) is 5.58 Å². The fourth-order valence-electron chi connectivity index (χ4n) is 2.80. The van der Waals surface area contributed by atoms with E-state index in [-0.39, 0.29) is 13.0 Å². The van der Waals surface area contributed by atoms with Gasteiger partial charge >= 0.3 is 0 Å². The lowest BCUT2D eigenvalue weighted by Crippen LogP contribution is -2.41. The first-order valence-electron chi connectivity index (χ1n) is 7.65. The molecule has 2 aromatic heterocycles. The zero-order chi connectivity index (χ0) is 16.6. The van der Waals surface area contributed by atoms with Crippen LogP contribution in [-0.2, 0) is 4.79 Å². The van der Waals surface area contributed by atoms with Crippen molar-refractivity contribution in [2.75, 3.05) is 23.3 Å². The quantitative estimate of drug-likeness (QED) is 0.801. The summed E-state index contributed by atoms with van der Waals surface area (Å²) in [5.41, 5.74) is -0.163. The third kappa shape index (κ3) is 2.58. The van der Waals surface area contributed by atoms with E-state index in [1.807, 2.05) is 18.2 Å². The second kappa shape index (κ2) is 5.59. The topological polar surface area (TPSA) is 71.3 Å². The van der Waals surface area contributed by atoms with Crippen LogP contribution in [0.1, 0.15) is 6.42 Å². The molecule has 0 bridgehead atoms. The van der Waals surface area contributed by atoms with E-state index in [9.17, 15) is 4.79 Å². The number of carbonyl (C=O) groups excluding carboxylic acids is 1. The van der Waals surface area contributed by atoms with E-state index in [0.29, 0.717) is 29.3 Å². The highest BCUT2D eigenvalue weighted by Gasteiger charge is 2.46. The predicted molar refractivity (Wildman–Crippen MR) is 87.5 cm³/mol. The molecule has 1 fully saturated rings. The van der Waals surface area contributed by atoms with Gasteiger partial charge < -0.3 is 14.6 Å². The number of nitrogens with zero attached hydrogens (tertiary/aromatic N) is 3. The van der Waals surface area contributed by atoms with Gasteiger partial charge in [0.25, 0.3) is 11.9 Å². The van der Waals surface area contributed by atoms with Crippen LogP contribution in [0.4, 0.5) is 16.1 Å². The van der Waals surface area contributed by atoms with Gasteiger partial charge in [-0.25, -0.2) is 4.39 Å². The number of hydrogen-bond acceptors (Lipinski definition) is 5. The molecule has 1 amide bonds. The lowest BCUT2D eigenvalue weighted by Gasteiger charge is -2.19. The molecule has 7 heteroatoms. The van der Waals surface area contributed by atoms with E-state index in [4.69, 9.17) is 4.42 Å². The lowest BCUT2D eigenvalue weighted by atomic mass is 10.0. The Hall–Kier alpha value is -2.96. The van der Waals surface area contributed by atoms with E-state index >= 15 is 4.39 Å². The van der Waals surface area contributed by atoms with E-state index in [1.54, 1.807) is 29.3 Å². The van der Waals surface area contributed by atoms with Crippen molar-refractivity contribution in [1.29, 1.82) is 0 Å². The van der Waals surface area contributed by atoms with Crippen LogP contribution in [0.15, 0.2) is 53.2 Å². The van der Waals surface area contributed by atoms with Crippen molar-refractivity contribution in [3.05, 3.63) is 48.8 Å². The average molecular weight is 326 g/mol. The molecular weight excluding hydrogens is 311 g/mol. The summed E-state index contributed by atoms with van der Waals surface area (Å²) in [7, 11) is 0. The molecule has 0 spiro atoms. The van der Waals surface area contributed by atoms with Gasteiger partial charge in [-0.2, -0.15) is 4.98 Å². The first-order chi connectivity index (χ1) is 11.6. The van der Waals surface area contributed by atoms with Crippen molar-refractivity contribution in [3.63, 3.8) is 0 Å². The van der Waals surface area contributed by atoms with Crippen LogP contribution in [0.3, 0.4) is 0 Å². The molecule has 1 saturated heterocycles. The number of anilines is 2. The Morgan fingerprint density at radius 3 is 2.96 bits per heavy atom. The molecule has 3 heterocycles. The first-order valence-corrected chi connectivity index (χ1v) is 7.65. The van der Waals surface area contributed by atoms with Gasteiger partial charge in [0.05, 0.1) is 18.4 Å². The van der Waals surface area contributed by atoms with Gasteiger partial charge in [0.2, 0.25) is 5.67 Å². The summed E-state index contributed by atoms with van der Waals surface area (Å²) in [5, 5.41) is 2.57. The number of fused-ring (bicyclic) bond motifs is 1.